The molecule has 0 aliphatic heterocycles. The lowest BCUT2D eigenvalue weighted by atomic mass is 9.87. The number of nitrogens with zero attached hydrogens (tertiary/aromatic N) is 1. The molecule has 0 radical (unpaired) electrons. The summed E-state index contributed by atoms with van der Waals surface area (Å²) in [5.74, 6) is 0. The normalized spacial score (nSPS) is 18.9. The molecule has 2 unspecified atom stereocenters. The van der Waals surface area contributed by atoms with Gasteiger partial charge in [0.05, 0.1) is 12.6 Å². The van der Waals surface area contributed by atoms with E-state index in [0.29, 0.717) is 12.6 Å². The van der Waals surface area contributed by atoms with E-state index in [2.05, 4.69) is 52.0 Å². The predicted octanol–water partition coefficient (Wildman–Crippen LogP) is 3.07. The van der Waals surface area contributed by atoms with Gasteiger partial charge in [-0.05, 0) is 37.0 Å². The molecule has 4 heteroatoms. The van der Waals surface area contributed by atoms with Gasteiger partial charge in [0.2, 0.25) is 0 Å². The molecule has 0 amide bonds. The number of aliphatic hydroxyl groups is 1. The second kappa shape index (κ2) is 7.55. The van der Waals surface area contributed by atoms with Gasteiger partial charge in [-0.1, -0.05) is 41.4 Å². The topological polar surface area (TPSA) is 49.5 Å². The zero-order valence-corrected chi connectivity index (χ0v) is 13.7. The molecule has 112 valence electrons. The summed E-state index contributed by atoms with van der Waals surface area (Å²) in [6, 6.07) is 9.31. The van der Waals surface area contributed by atoms with Gasteiger partial charge >= 0.3 is 0 Å². The van der Waals surface area contributed by atoms with Gasteiger partial charge in [0.15, 0.2) is 0 Å². The fourth-order valence-electron chi connectivity index (χ4n) is 2.95. The molecule has 0 saturated heterocycles. The van der Waals surface area contributed by atoms with Crippen molar-refractivity contribution < 1.29 is 5.11 Å². The van der Waals surface area contributed by atoms with Crippen LogP contribution in [0.25, 0.3) is 0 Å². The Hall–Kier alpha value is -0.420. The van der Waals surface area contributed by atoms with E-state index in [1.165, 1.54) is 24.8 Å². The third-order valence-corrected chi connectivity index (χ3v) is 4.88. The van der Waals surface area contributed by atoms with E-state index in [0.717, 1.165) is 10.9 Å². The molecule has 3 nitrogen and oxygen atoms in total. The lowest BCUT2D eigenvalue weighted by molar-refractivity contribution is 0.0473. The summed E-state index contributed by atoms with van der Waals surface area (Å²) in [6.07, 6.45) is 4.68. The van der Waals surface area contributed by atoms with Crippen molar-refractivity contribution in [3.05, 3.63) is 34.3 Å². The van der Waals surface area contributed by atoms with Crippen LogP contribution in [0.4, 0.5) is 0 Å². The van der Waals surface area contributed by atoms with E-state index < -0.39 is 0 Å². The summed E-state index contributed by atoms with van der Waals surface area (Å²) in [5, 5.41) is 9.41. The molecule has 3 N–H and O–H groups in total. The maximum atomic E-state index is 9.41. The Morgan fingerprint density at radius 2 is 2.00 bits per heavy atom. The third kappa shape index (κ3) is 3.61. The first-order chi connectivity index (χ1) is 9.67. The number of nitrogens with two attached hydrogens (primary N) is 1. The molecule has 20 heavy (non-hydrogen) atoms. The zero-order valence-electron chi connectivity index (χ0n) is 12.1. The highest BCUT2D eigenvalue weighted by molar-refractivity contribution is 9.10. The Labute approximate surface area is 130 Å². The van der Waals surface area contributed by atoms with Gasteiger partial charge in [0.25, 0.3) is 0 Å². The van der Waals surface area contributed by atoms with Crippen LogP contribution in [0.5, 0.6) is 0 Å². The SMILES string of the molecule is CCC(N)C(c1ccc(Br)cc1)N(CCO)C1CCC1. The van der Waals surface area contributed by atoms with E-state index in [4.69, 9.17) is 5.73 Å². The Bertz CT molecular complexity index is 405. The molecule has 0 bridgehead atoms. The lowest BCUT2D eigenvalue weighted by Crippen LogP contribution is -2.49. The van der Waals surface area contributed by atoms with Crippen LogP contribution >= 0.6 is 15.9 Å². The summed E-state index contributed by atoms with van der Waals surface area (Å²) in [6.45, 7) is 3.04. The summed E-state index contributed by atoms with van der Waals surface area (Å²) < 4.78 is 1.09. The molecule has 0 heterocycles. The molecule has 2 atom stereocenters. The maximum absolute atomic E-state index is 9.41. The second-order valence-electron chi connectivity index (χ2n) is 5.61. The Morgan fingerprint density at radius 1 is 1.35 bits per heavy atom. The van der Waals surface area contributed by atoms with Crippen LogP contribution in [0.15, 0.2) is 28.7 Å². The fraction of sp³-hybridized carbons (Fsp3) is 0.625. The largest absolute Gasteiger partial charge is 0.395 e. The number of rotatable bonds is 7. The van der Waals surface area contributed by atoms with E-state index in [-0.39, 0.29) is 18.7 Å². The first-order valence-corrected chi connectivity index (χ1v) is 8.34. The van der Waals surface area contributed by atoms with Crippen molar-refractivity contribution in [1.29, 1.82) is 0 Å². The highest BCUT2D eigenvalue weighted by Crippen LogP contribution is 2.34. The van der Waals surface area contributed by atoms with Crippen molar-refractivity contribution in [2.45, 2.75) is 50.7 Å². The highest BCUT2D eigenvalue weighted by Gasteiger charge is 2.33. The number of hydrogen-bond acceptors (Lipinski definition) is 3. The van der Waals surface area contributed by atoms with Gasteiger partial charge < -0.3 is 10.8 Å². The Kier molecular flexibility index (Phi) is 6.02. The Morgan fingerprint density at radius 3 is 2.45 bits per heavy atom. The predicted molar refractivity (Wildman–Crippen MR) is 86.6 cm³/mol. The van der Waals surface area contributed by atoms with Crippen LogP contribution in [-0.4, -0.2) is 35.2 Å². The molecule has 1 saturated carbocycles. The standard InChI is InChI=1S/C16H25BrN2O/c1-2-15(18)16(12-6-8-13(17)9-7-12)19(10-11-20)14-4-3-5-14/h6-9,14-16,20H,2-5,10-11,18H2,1H3. The molecule has 0 spiro atoms. The van der Waals surface area contributed by atoms with Gasteiger partial charge in [0.1, 0.15) is 0 Å². The van der Waals surface area contributed by atoms with Crippen molar-refractivity contribution in [2.24, 2.45) is 5.73 Å². The highest BCUT2D eigenvalue weighted by atomic mass is 79.9. The first-order valence-electron chi connectivity index (χ1n) is 7.55. The zero-order chi connectivity index (χ0) is 14.5. The minimum Gasteiger partial charge on any atom is -0.395 e. The van der Waals surface area contributed by atoms with Crippen molar-refractivity contribution in [3.8, 4) is 0 Å². The van der Waals surface area contributed by atoms with Crippen LogP contribution in [0.2, 0.25) is 0 Å². The Balaban J connectivity index is 2.26. The summed E-state index contributed by atoms with van der Waals surface area (Å²) in [4.78, 5) is 2.42. The van der Waals surface area contributed by atoms with E-state index in [1.54, 1.807) is 0 Å². The summed E-state index contributed by atoms with van der Waals surface area (Å²) >= 11 is 3.49. The van der Waals surface area contributed by atoms with Gasteiger partial charge in [-0.3, -0.25) is 4.90 Å². The van der Waals surface area contributed by atoms with Gasteiger partial charge in [-0.2, -0.15) is 0 Å². The third-order valence-electron chi connectivity index (χ3n) is 4.35. The number of halogens is 1. The van der Waals surface area contributed by atoms with Crippen molar-refractivity contribution in [1.82, 2.24) is 4.90 Å². The molecular formula is C16H25BrN2O. The van der Waals surface area contributed by atoms with Gasteiger partial charge in [-0.25, -0.2) is 0 Å². The fourth-order valence-corrected chi connectivity index (χ4v) is 3.21. The quantitative estimate of drug-likeness (QED) is 0.801. The minimum absolute atomic E-state index is 0.100. The molecule has 2 rings (SSSR count). The van der Waals surface area contributed by atoms with Crippen LogP contribution in [0.3, 0.4) is 0 Å². The molecule has 0 aromatic heterocycles. The van der Waals surface area contributed by atoms with E-state index in [1.807, 2.05) is 0 Å². The number of benzene rings is 1. The van der Waals surface area contributed by atoms with E-state index >= 15 is 0 Å². The van der Waals surface area contributed by atoms with Crippen LogP contribution in [0, 0.1) is 0 Å². The lowest BCUT2D eigenvalue weighted by Gasteiger charge is -2.44. The van der Waals surface area contributed by atoms with Gasteiger partial charge in [-0.15, -0.1) is 0 Å². The summed E-state index contributed by atoms with van der Waals surface area (Å²) in [7, 11) is 0. The van der Waals surface area contributed by atoms with Crippen LogP contribution in [-0.2, 0) is 0 Å². The maximum Gasteiger partial charge on any atom is 0.0558 e. The first kappa shape index (κ1) is 16.0. The molecular weight excluding hydrogens is 316 g/mol. The smallest absolute Gasteiger partial charge is 0.0558 e. The van der Waals surface area contributed by atoms with Crippen molar-refractivity contribution >= 4 is 15.9 Å². The average Bonchev–Trinajstić information content (AvgIpc) is 2.39. The molecule has 1 aromatic carbocycles. The molecule has 1 aliphatic rings. The van der Waals surface area contributed by atoms with Crippen LogP contribution < -0.4 is 5.73 Å². The van der Waals surface area contributed by atoms with Gasteiger partial charge in [0, 0.05) is 23.1 Å². The number of aliphatic hydroxyl groups excluding tert-OH is 1. The average molecular weight is 341 g/mol. The monoisotopic (exact) mass is 340 g/mol. The van der Waals surface area contributed by atoms with E-state index in [9.17, 15) is 5.11 Å². The summed E-state index contributed by atoms with van der Waals surface area (Å²) in [5.41, 5.74) is 7.65. The number of hydrogen-bond donors (Lipinski definition) is 2. The molecule has 1 aromatic rings. The van der Waals surface area contributed by atoms with Crippen molar-refractivity contribution in [2.75, 3.05) is 13.2 Å². The van der Waals surface area contributed by atoms with Crippen LogP contribution in [0.1, 0.15) is 44.2 Å². The second-order valence-corrected chi connectivity index (χ2v) is 6.53. The molecule has 1 aliphatic carbocycles. The minimum atomic E-state index is 0.100. The van der Waals surface area contributed by atoms with Crippen molar-refractivity contribution in [3.63, 3.8) is 0 Å². The molecule has 1 fully saturated rings.